The summed E-state index contributed by atoms with van der Waals surface area (Å²) in [6.07, 6.45) is 0.811. The van der Waals surface area contributed by atoms with Crippen molar-refractivity contribution in [3.8, 4) is 0 Å². The lowest BCUT2D eigenvalue weighted by atomic mass is 9.91. The maximum atomic E-state index is 13.3. The number of aliphatic carboxylic acids is 1. The highest BCUT2D eigenvalue weighted by Crippen LogP contribution is 2.20. The highest BCUT2D eigenvalue weighted by molar-refractivity contribution is 5.80. The van der Waals surface area contributed by atoms with Crippen molar-refractivity contribution in [3.63, 3.8) is 0 Å². The molecule has 1 amide bonds. The SMILES string of the molecule is O=C(O)CC1CN(C(=O)C(Cc2ccccc2)Cc2ccccc2)CCO1. The summed E-state index contributed by atoms with van der Waals surface area (Å²) in [5.41, 5.74) is 2.25. The molecule has 1 aliphatic heterocycles. The third-order valence-corrected chi connectivity index (χ3v) is 4.85. The first-order valence-electron chi connectivity index (χ1n) is 9.32. The molecule has 0 aromatic heterocycles. The van der Waals surface area contributed by atoms with E-state index in [2.05, 4.69) is 0 Å². The van der Waals surface area contributed by atoms with Gasteiger partial charge >= 0.3 is 5.97 Å². The largest absolute Gasteiger partial charge is 0.481 e. The Morgan fingerprint density at radius 1 is 1.00 bits per heavy atom. The minimum Gasteiger partial charge on any atom is -0.481 e. The van der Waals surface area contributed by atoms with E-state index in [1.807, 2.05) is 60.7 Å². The number of hydrogen-bond acceptors (Lipinski definition) is 3. The second-order valence-electron chi connectivity index (χ2n) is 6.95. The molecule has 5 heteroatoms. The molecule has 0 radical (unpaired) electrons. The third kappa shape index (κ3) is 5.66. The molecule has 142 valence electrons. The fourth-order valence-corrected chi connectivity index (χ4v) is 3.54. The molecule has 0 aliphatic carbocycles. The third-order valence-electron chi connectivity index (χ3n) is 4.85. The molecule has 1 heterocycles. The number of carbonyl (C=O) groups excluding carboxylic acids is 1. The molecule has 1 N–H and O–H groups in total. The normalized spacial score (nSPS) is 17.1. The molecule has 0 saturated carbocycles. The lowest BCUT2D eigenvalue weighted by molar-refractivity contribution is -0.149. The van der Waals surface area contributed by atoms with Crippen molar-refractivity contribution in [1.82, 2.24) is 4.90 Å². The molecule has 5 nitrogen and oxygen atoms in total. The molecule has 1 fully saturated rings. The predicted octanol–water partition coefficient (Wildman–Crippen LogP) is 2.79. The molecule has 0 spiro atoms. The second-order valence-corrected chi connectivity index (χ2v) is 6.95. The highest BCUT2D eigenvalue weighted by atomic mass is 16.5. The number of amides is 1. The zero-order valence-corrected chi connectivity index (χ0v) is 15.3. The van der Waals surface area contributed by atoms with Gasteiger partial charge in [-0.2, -0.15) is 0 Å². The van der Waals surface area contributed by atoms with E-state index in [1.165, 1.54) is 0 Å². The average molecular weight is 367 g/mol. The van der Waals surface area contributed by atoms with E-state index in [0.29, 0.717) is 32.5 Å². The zero-order valence-electron chi connectivity index (χ0n) is 15.3. The first-order chi connectivity index (χ1) is 13.1. The van der Waals surface area contributed by atoms with Crippen molar-refractivity contribution in [2.24, 2.45) is 5.92 Å². The van der Waals surface area contributed by atoms with Crippen LogP contribution in [0.4, 0.5) is 0 Å². The summed E-state index contributed by atoms with van der Waals surface area (Å²) >= 11 is 0. The summed E-state index contributed by atoms with van der Waals surface area (Å²) < 4.78 is 5.51. The molecule has 27 heavy (non-hydrogen) atoms. The van der Waals surface area contributed by atoms with Gasteiger partial charge in [-0.15, -0.1) is 0 Å². The summed E-state index contributed by atoms with van der Waals surface area (Å²) in [5, 5.41) is 9.01. The van der Waals surface area contributed by atoms with Crippen molar-refractivity contribution >= 4 is 11.9 Å². The van der Waals surface area contributed by atoms with Gasteiger partial charge in [0.2, 0.25) is 5.91 Å². The molecular weight excluding hydrogens is 342 g/mol. The van der Waals surface area contributed by atoms with E-state index >= 15 is 0 Å². The van der Waals surface area contributed by atoms with Crippen molar-refractivity contribution in [2.75, 3.05) is 19.7 Å². The van der Waals surface area contributed by atoms with Gasteiger partial charge in [0, 0.05) is 19.0 Å². The summed E-state index contributed by atoms with van der Waals surface area (Å²) in [7, 11) is 0. The van der Waals surface area contributed by atoms with E-state index in [4.69, 9.17) is 9.84 Å². The maximum Gasteiger partial charge on any atom is 0.306 e. The van der Waals surface area contributed by atoms with E-state index in [1.54, 1.807) is 4.90 Å². The van der Waals surface area contributed by atoms with Crippen LogP contribution in [-0.4, -0.2) is 47.7 Å². The number of carboxylic acid groups (broad SMARTS) is 1. The summed E-state index contributed by atoms with van der Waals surface area (Å²) in [6.45, 7) is 1.23. The van der Waals surface area contributed by atoms with E-state index in [0.717, 1.165) is 11.1 Å². The van der Waals surface area contributed by atoms with Crippen LogP contribution >= 0.6 is 0 Å². The lowest BCUT2D eigenvalue weighted by Gasteiger charge is -2.34. The monoisotopic (exact) mass is 367 g/mol. The number of nitrogens with zero attached hydrogens (tertiary/aromatic N) is 1. The number of carboxylic acids is 1. The Morgan fingerprint density at radius 2 is 1.56 bits per heavy atom. The summed E-state index contributed by atoms with van der Waals surface area (Å²) in [5.74, 6) is -1.01. The van der Waals surface area contributed by atoms with Gasteiger partial charge in [-0.3, -0.25) is 9.59 Å². The van der Waals surface area contributed by atoms with Crippen LogP contribution in [0.25, 0.3) is 0 Å². The van der Waals surface area contributed by atoms with Crippen molar-refractivity contribution in [1.29, 1.82) is 0 Å². The molecule has 1 saturated heterocycles. The Kier molecular flexibility index (Phi) is 6.60. The molecular formula is C22H25NO4. The van der Waals surface area contributed by atoms with E-state index < -0.39 is 12.1 Å². The number of ether oxygens (including phenoxy) is 1. The van der Waals surface area contributed by atoms with Gasteiger partial charge in [0.05, 0.1) is 19.1 Å². The predicted molar refractivity (Wildman–Crippen MR) is 102 cm³/mol. The first-order valence-corrected chi connectivity index (χ1v) is 9.32. The number of benzene rings is 2. The summed E-state index contributed by atoms with van der Waals surface area (Å²) in [6, 6.07) is 20.0. The minimum absolute atomic E-state index is 0.0707. The smallest absolute Gasteiger partial charge is 0.306 e. The van der Waals surface area contributed by atoms with Gasteiger partial charge in [0.15, 0.2) is 0 Å². The minimum atomic E-state index is -0.903. The van der Waals surface area contributed by atoms with Crippen molar-refractivity contribution in [2.45, 2.75) is 25.4 Å². The van der Waals surface area contributed by atoms with Crippen molar-refractivity contribution < 1.29 is 19.4 Å². The van der Waals surface area contributed by atoms with Crippen LogP contribution in [0.5, 0.6) is 0 Å². The average Bonchev–Trinajstić information content (AvgIpc) is 2.68. The Morgan fingerprint density at radius 3 is 2.07 bits per heavy atom. The van der Waals surface area contributed by atoms with Gasteiger partial charge in [-0.1, -0.05) is 60.7 Å². The van der Waals surface area contributed by atoms with Crippen LogP contribution in [0.3, 0.4) is 0 Å². The molecule has 2 aromatic rings. The van der Waals surface area contributed by atoms with Gasteiger partial charge < -0.3 is 14.7 Å². The van der Waals surface area contributed by atoms with Crippen molar-refractivity contribution in [3.05, 3.63) is 71.8 Å². The Hall–Kier alpha value is -2.66. The fourth-order valence-electron chi connectivity index (χ4n) is 3.54. The van der Waals surface area contributed by atoms with Crippen LogP contribution in [-0.2, 0) is 27.2 Å². The highest BCUT2D eigenvalue weighted by Gasteiger charge is 2.30. The number of rotatable bonds is 7. The Labute approximate surface area is 159 Å². The van der Waals surface area contributed by atoms with E-state index in [-0.39, 0.29) is 18.2 Å². The topological polar surface area (TPSA) is 66.8 Å². The molecule has 0 bridgehead atoms. The van der Waals surface area contributed by atoms with Crippen LogP contribution < -0.4 is 0 Å². The van der Waals surface area contributed by atoms with Gasteiger partial charge in [0.1, 0.15) is 0 Å². The van der Waals surface area contributed by atoms with Crippen LogP contribution in [0, 0.1) is 5.92 Å². The molecule has 2 aromatic carbocycles. The first kappa shape index (κ1) is 19.1. The number of hydrogen-bond donors (Lipinski definition) is 1. The standard InChI is InChI=1S/C22H25NO4/c24-21(25)15-20-16-23(11-12-27-20)22(26)19(13-17-7-3-1-4-8-17)14-18-9-5-2-6-10-18/h1-10,19-20H,11-16H2,(H,24,25). The van der Waals surface area contributed by atoms with Crippen LogP contribution in [0.15, 0.2) is 60.7 Å². The Balaban J connectivity index is 1.74. The quantitative estimate of drug-likeness (QED) is 0.817. The zero-order chi connectivity index (χ0) is 19.1. The fraction of sp³-hybridized carbons (Fsp3) is 0.364. The lowest BCUT2D eigenvalue weighted by Crippen LogP contribution is -2.49. The Bertz CT molecular complexity index is 706. The van der Waals surface area contributed by atoms with E-state index in [9.17, 15) is 9.59 Å². The second kappa shape index (κ2) is 9.33. The molecule has 1 unspecified atom stereocenters. The summed E-state index contributed by atoms with van der Waals surface area (Å²) in [4.78, 5) is 26.0. The van der Waals surface area contributed by atoms with Gasteiger partial charge in [-0.05, 0) is 24.0 Å². The van der Waals surface area contributed by atoms with Crippen LogP contribution in [0.1, 0.15) is 17.5 Å². The van der Waals surface area contributed by atoms with Gasteiger partial charge in [-0.25, -0.2) is 0 Å². The number of morpholine rings is 1. The molecule has 1 aliphatic rings. The number of carbonyl (C=O) groups is 2. The maximum absolute atomic E-state index is 13.3. The van der Waals surface area contributed by atoms with Gasteiger partial charge in [0.25, 0.3) is 0 Å². The molecule has 1 atom stereocenters. The van der Waals surface area contributed by atoms with Crippen LogP contribution in [0.2, 0.25) is 0 Å². The molecule has 3 rings (SSSR count).